The van der Waals surface area contributed by atoms with Gasteiger partial charge in [0.25, 0.3) is 0 Å². The molecule has 0 spiro atoms. The third kappa shape index (κ3) is 5.04. The molecule has 0 unspecified atom stereocenters. The molecule has 0 saturated heterocycles. The van der Waals surface area contributed by atoms with Gasteiger partial charge in [0.05, 0.1) is 27.0 Å². The molecule has 4 aromatic heterocycles. The first-order valence-electron chi connectivity index (χ1n) is 19.0. The minimum Gasteiger partial charge on any atom is -0.455 e. The lowest BCUT2D eigenvalue weighted by Gasteiger charge is -2.09. The first-order chi connectivity index (χ1) is 28.2. The highest BCUT2D eigenvalue weighted by molar-refractivity contribution is 7.26. The summed E-state index contributed by atoms with van der Waals surface area (Å²) in [6.07, 6.45) is 0. The molecule has 12 aromatic rings. The fourth-order valence-electron chi connectivity index (χ4n) is 8.40. The molecule has 0 fully saturated rings. The van der Waals surface area contributed by atoms with Crippen LogP contribution in [0.5, 0.6) is 0 Å². The minimum absolute atomic E-state index is 0.572. The quantitative estimate of drug-likeness (QED) is 0.176. The van der Waals surface area contributed by atoms with Crippen LogP contribution >= 0.6 is 11.3 Å². The zero-order valence-corrected chi connectivity index (χ0v) is 31.2. The SMILES string of the molecule is c1ccc(-c2nc(-c3ccccc3)nc(-c3cccc4c3oc3cc(-c5ccc6sc7c(-n8c9ccccc9c9ccccc98)cccc7c6c5)ccc34)n2)cc1. The molecule has 0 amide bonds. The number of benzene rings is 8. The highest BCUT2D eigenvalue weighted by atomic mass is 32.1. The standard InChI is InChI=1S/C51H30N4OS/c1-3-13-31(14-4-1)49-52-50(32-15-5-2-6-16-32)54-51(53-49)40-21-11-19-38-37-27-25-34(30-45(37)56-47(38)40)33-26-28-46-41(29-33)39-20-12-24-44(48(39)57-46)55-42-22-9-7-17-35(42)36-18-8-10-23-43(36)55/h1-30H. The Balaban J connectivity index is 0.983. The Kier molecular flexibility index (Phi) is 7.03. The lowest BCUT2D eigenvalue weighted by molar-refractivity contribution is 0.669. The molecule has 0 saturated carbocycles. The Morgan fingerprint density at radius 1 is 0.404 bits per heavy atom. The molecule has 6 heteroatoms. The van der Waals surface area contributed by atoms with E-state index in [2.05, 4.69) is 120 Å². The average Bonchev–Trinajstić information content (AvgIpc) is 3.96. The number of para-hydroxylation sites is 3. The van der Waals surface area contributed by atoms with Crippen molar-refractivity contribution in [2.75, 3.05) is 0 Å². The van der Waals surface area contributed by atoms with Crippen molar-refractivity contribution in [1.82, 2.24) is 19.5 Å². The van der Waals surface area contributed by atoms with E-state index in [1.165, 1.54) is 47.7 Å². The maximum Gasteiger partial charge on any atom is 0.167 e. The second-order valence-corrected chi connectivity index (χ2v) is 15.4. The van der Waals surface area contributed by atoms with Gasteiger partial charge < -0.3 is 8.98 Å². The topological polar surface area (TPSA) is 56.7 Å². The molecule has 0 N–H and O–H groups in total. The summed E-state index contributed by atoms with van der Waals surface area (Å²) >= 11 is 1.86. The summed E-state index contributed by atoms with van der Waals surface area (Å²) in [6, 6.07) is 63.8. The number of hydrogen-bond donors (Lipinski definition) is 0. The second-order valence-electron chi connectivity index (χ2n) is 14.4. The summed E-state index contributed by atoms with van der Waals surface area (Å²) in [4.78, 5) is 14.9. The molecule has 0 atom stereocenters. The van der Waals surface area contributed by atoms with E-state index in [1.54, 1.807) is 0 Å². The zero-order chi connectivity index (χ0) is 37.5. The van der Waals surface area contributed by atoms with E-state index in [1.807, 2.05) is 78.1 Å². The van der Waals surface area contributed by atoms with Crippen molar-refractivity contribution in [3.8, 4) is 51.0 Å². The van der Waals surface area contributed by atoms with Crippen molar-refractivity contribution in [1.29, 1.82) is 0 Å². The molecule has 0 aliphatic rings. The largest absolute Gasteiger partial charge is 0.455 e. The van der Waals surface area contributed by atoms with Crippen LogP contribution in [0.2, 0.25) is 0 Å². The maximum atomic E-state index is 6.76. The maximum absolute atomic E-state index is 6.76. The normalized spacial score (nSPS) is 11.9. The van der Waals surface area contributed by atoms with Crippen LogP contribution < -0.4 is 0 Å². The lowest BCUT2D eigenvalue weighted by atomic mass is 10.0. The Bertz CT molecular complexity index is 3420. The van der Waals surface area contributed by atoms with E-state index in [-0.39, 0.29) is 0 Å². The predicted molar refractivity (Wildman–Crippen MR) is 236 cm³/mol. The second kappa shape index (κ2) is 12.6. The monoisotopic (exact) mass is 746 g/mol. The summed E-state index contributed by atoms with van der Waals surface area (Å²) in [7, 11) is 0. The number of aromatic nitrogens is 4. The summed E-state index contributed by atoms with van der Waals surface area (Å²) in [5, 5.41) is 7.11. The molecular formula is C51H30N4OS. The first kappa shape index (κ1) is 31.9. The molecule has 8 aromatic carbocycles. The van der Waals surface area contributed by atoms with Crippen LogP contribution in [0.15, 0.2) is 186 Å². The van der Waals surface area contributed by atoms with E-state index in [9.17, 15) is 0 Å². The van der Waals surface area contributed by atoms with Crippen molar-refractivity contribution < 1.29 is 4.42 Å². The molecule has 266 valence electrons. The number of hydrogen-bond acceptors (Lipinski definition) is 5. The fourth-order valence-corrected chi connectivity index (χ4v) is 9.59. The Hall–Kier alpha value is -7.41. The molecule has 0 bridgehead atoms. The highest BCUT2D eigenvalue weighted by Crippen LogP contribution is 2.43. The molecule has 0 radical (unpaired) electrons. The third-order valence-corrected chi connectivity index (χ3v) is 12.3. The predicted octanol–water partition coefficient (Wildman–Crippen LogP) is 13.9. The van der Waals surface area contributed by atoms with E-state index >= 15 is 0 Å². The van der Waals surface area contributed by atoms with E-state index in [4.69, 9.17) is 19.4 Å². The van der Waals surface area contributed by atoms with Crippen molar-refractivity contribution in [3.05, 3.63) is 182 Å². The van der Waals surface area contributed by atoms with E-state index in [0.717, 1.165) is 49.8 Å². The number of rotatable bonds is 5. The fraction of sp³-hybridized carbons (Fsp3) is 0. The van der Waals surface area contributed by atoms with Crippen molar-refractivity contribution in [2.24, 2.45) is 0 Å². The van der Waals surface area contributed by atoms with Gasteiger partial charge in [-0.05, 0) is 59.7 Å². The van der Waals surface area contributed by atoms with Crippen molar-refractivity contribution >= 4 is 75.3 Å². The molecule has 0 aliphatic carbocycles. The number of fused-ring (bicyclic) bond motifs is 9. The van der Waals surface area contributed by atoms with Crippen molar-refractivity contribution in [2.45, 2.75) is 0 Å². The molecule has 57 heavy (non-hydrogen) atoms. The molecule has 4 heterocycles. The molecule has 0 aliphatic heterocycles. The number of furan rings is 1. The van der Waals surface area contributed by atoms with Crippen LogP contribution in [0, 0.1) is 0 Å². The van der Waals surface area contributed by atoms with Crippen molar-refractivity contribution in [3.63, 3.8) is 0 Å². The highest BCUT2D eigenvalue weighted by Gasteiger charge is 2.20. The summed E-state index contributed by atoms with van der Waals surface area (Å²) in [6.45, 7) is 0. The smallest absolute Gasteiger partial charge is 0.167 e. The van der Waals surface area contributed by atoms with Gasteiger partial charge >= 0.3 is 0 Å². The minimum atomic E-state index is 0.572. The lowest BCUT2D eigenvalue weighted by Crippen LogP contribution is -2.00. The van der Waals surface area contributed by atoms with Gasteiger partial charge in [0.1, 0.15) is 11.2 Å². The van der Waals surface area contributed by atoms with Crippen LogP contribution in [0.25, 0.3) is 115 Å². The van der Waals surface area contributed by atoms with Gasteiger partial charge in [-0.3, -0.25) is 0 Å². The summed E-state index contributed by atoms with van der Waals surface area (Å²) in [5.41, 5.74) is 10.1. The summed E-state index contributed by atoms with van der Waals surface area (Å²) in [5.74, 6) is 1.81. The van der Waals surface area contributed by atoms with Crippen LogP contribution in [-0.4, -0.2) is 19.5 Å². The number of nitrogens with zero attached hydrogens (tertiary/aromatic N) is 4. The number of thiophene rings is 1. The van der Waals surface area contributed by atoms with Crippen LogP contribution in [0.1, 0.15) is 0 Å². The van der Waals surface area contributed by atoms with Gasteiger partial charge in [-0.15, -0.1) is 11.3 Å². The molecule has 5 nitrogen and oxygen atoms in total. The third-order valence-electron chi connectivity index (χ3n) is 11.1. The Morgan fingerprint density at radius 2 is 0.982 bits per heavy atom. The van der Waals surface area contributed by atoms with Gasteiger partial charge in [0, 0.05) is 48.1 Å². The first-order valence-corrected chi connectivity index (χ1v) is 19.8. The molecular weight excluding hydrogens is 717 g/mol. The van der Waals surface area contributed by atoms with Gasteiger partial charge in [-0.2, -0.15) is 0 Å². The van der Waals surface area contributed by atoms with Gasteiger partial charge in [-0.1, -0.05) is 133 Å². The van der Waals surface area contributed by atoms with E-state index in [0.29, 0.717) is 17.5 Å². The van der Waals surface area contributed by atoms with Crippen LogP contribution in [-0.2, 0) is 0 Å². The van der Waals surface area contributed by atoms with E-state index < -0.39 is 0 Å². The van der Waals surface area contributed by atoms with Gasteiger partial charge in [0.2, 0.25) is 0 Å². The Morgan fingerprint density at radius 3 is 1.70 bits per heavy atom. The van der Waals surface area contributed by atoms with Crippen LogP contribution in [0.4, 0.5) is 0 Å². The van der Waals surface area contributed by atoms with Gasteiger partial charge in [-0.25, -0.2) is 15.0 Å². The molecule has 12 rings (SSSR count). The van der Waals surface area contributed by atoms with Gasteiger partial charge in [0.15, 0.2) is 17.5 Å². The Labute approximate surface area is 330 Å². The van der Waals surface area contributed by atoms with Crippen LogP contribution in [0.3, 0.4) is 0 Å². The zero-order valence-electron chi connectivity index (χ0n) is 30.4. The average molecular weight is 747 g/mol. The summed E-state index contributed by atoms with van der Waals surface area (Å²) < 4.78 is 11.7.